The number of carbonyl (C=O) groups excluding carboxylic acids is 1. The predicted molar refractivity (Wildman–Crippen MR) is 79.0 cm³/mol. The maximum absolute atomic E-state index is 12.1. The van der Waals surface area contributed by atoms with Gasteiger partial charge in [-0.05, 0) is 19.1 Å². The van der Waals surface area contributed by atoms with Gasteiger partial charge in [-0.1, -0.05) is 13.8 Å². The summed E-state index contributed by atoms with van der Waals surface area (Å²) < 4.78 is -0.0211. The molecule has 2 unspecified atom stereocenters. The van der Waals surface area contributed by atoms with Crippen LogP contribution >= 0.6 is 11.8 Å². The van der Waals surface area contributed by atoms with Crippen molar-refractivity contribution >= 4 is 23.8 Å². The fourth-order valence-electron chi connectivity index (χ4n) is 2.47. The lowest BCUT2D eigenvalue weighted by molar-refractivity contribution is -0.141. The van der Waals surface area contributed by atoms with E-state index in [4.69, 9.17) is 5.11 Å². The van der Waals surface area contributed by atoms with Gasteiger partial charge in [0.2, 0.25) is 0 Å². The number of nitrogens with zero attached hydrogens (tertiary/aromatic N) is 1. The molecule has 1 fully saturated rings. The molecule has 2 amide bonds. The summed E-state index contributed by atoms with van der Waals surface area (Å²) in [6, 6.07) is -1.34. The summed E-state index contributed by atoms with van der Waals surface area (Å²) in [5.74, 6) is -1.07. The van der Waals surface area contributed by atoms with E-state index in [1.165, 1.54) is 4.90 Å². The van der Waals surface area contributed by atoms with Gasteiger partial charge in [0, 0.05) is 24.3 Å². The molecule has 0 bridgehead atoms. The Kier molecular flexibility index (Phi) is 6.13. The van der Waals surface area contributed by atoms with E-state index in [-0.39, 0.29) is 17.7 Å². The van der Waals surface area contributed by atoms with Crippen LogP contribution in [-0.4, -0.2) is 63.4 Å². The van der Waals surface area contributed by atoms with E-state index < -0.39 is 24.1 Å². The SMILES string of the molecule is CCC(CC)(CNC(=O)N1CC(O)CC1C(=O)O)SC. The minimum Gasteiger partial charge on any atom is -0.480 e. The van der Waals surface area contributed by atoms with Gasteiger partial charge in [-0.15, -0.1) is 0 Å². The van der Waals surface area contributed by atoms with Gasteiger partial charge in [0.15, 0.2) is 0 Å². The molecule has 0 saturated carbocycles. The van der Waals surface area contributed by atoms with Gasteiger partial charge in [0.25, 0.3) is 0 Å². The van der Waals surface area contributed by atoms with Gasteiger partial charge in [0.05, 0.1) is 6.10 Å². The van der Waals surface area contributed by atoms with Crippen LogP contribution in [-0.2, 0) is 4.79 Å². The average Bonchev–Trinajstić information content (AvgIpc) is 2.83. The fourth-order valence-corrected chi connectivity index (χ4v) is 3.27. The number of amides is 2. The smallest absolute Gasteiger partial charge is 0.326 e. The molecule has 0 aromatic rings. The summed E-state index contributed by atoms with van der Waals surface area (Å²) in [6.07, 6.45) is 3.20. The van der Waals surface area contributed by atoms with Crippen molar-refractivity contribution < 1.29 is 19.8 Å². The summed E-state index contributed by atoms with van der Waals surface area (Å²) >= 11 is 1.71. The predicted octanol–water partition coefficient (Wildman–Crippen LogP) is 1.14. The number of carboxylic acid groups (broad SMARTS) is 1. The molecule has 1 heterocycles. The molecule has 7 heteroatoms. The van der Waals surface area contributed by atoms with Gasteiger partial charge < -0.3 is 20.4 Å². The van der Waals surface area contributed by atoms with Gasteiger partial charge in [0.1, 0.15) is 6.04 Å². The normalized spacial score (nSPS) is 22.9. The zero-order valence-electron chi connectivity index (χ0n) is 12.3. The van der Waals surface area contributed by atoms with Crippen molar-refractivity contribution in [3.05, 3.63) is 0 Å². The summed E-state index contributed by atoms with van der Waals surface area (Å²) in [6.45, 7) is 4.73. The standard InChI is InChI=1S/C13H24N2O4S/c1-4-13(5-2,20-3)8-14-12(19)15-7-9(16)6-10(15)11(17)18/h9-10,16H,4-8H2,1-3H3,(H,14,19)(H,17,18). The number of aliphatic hydroxyl groups is 1. The molecule has 0 aromatic carbocycles. The van der Waals surface area contributed by atoms with Crippen LogP contribution in [0.2, 0.25) is 0 Å². The zero-order chi connectivity index (χ0) is 15.3. The number of urea groups is 1. The lowest BCUT2D eigenvalue weighted by Gasteiger charge is -2.31. The van der Waals surface area contributed by atoms with E-state index in [0.29, 0.717) is 6.54 Å². The number of hydrogen-bond donors (Lipinski definition) is 3. The monoisotopic (exact) mass is 304 g/mol. The van der Waals surface area contributed by atoms with Crippen molar-refractivity contribution in [1.29, 1.82) is 0 Å². The van der Waals surface area contributed by atoms with Gasteiger partial charge in [-0.3, -0.25) is 0 Å². The van der Waals surface area contributed by atoms with E-state index in [0.717, 1.165) is 12.8 Å². The number of carboxylic acids is 1. The number of thioether (sulfide) groups is 1. The van der Waals surface area contributed by atoms with E-state index in [9.17, 15) is 14.7 Å². The summed E-state index contributed by atoms with van der Waals surface area (Å²) in [4.78, 5) is 24.4. The lowest BCUT2D eigenvalue weighted by Crippen LogP contribution is -2.49. The Hall–Kier alpha value is -0.950. The number of likely N-dealkylation sites (tertiary alicyclic amines) is 1. The van der Waals surface area contributed by atoms with Gasteiger partial charge in [-0.25, -0.2) is 9.59 Å². The number of aliphatic hydroxyl groups excluding tert-OH is 1. The zero-order valence-corrected chi connectivity index (χ0v) is 13.1. The minimum absolute atomic E-state index is 0.0211. The number of rotatable bonds is 6. The van der Waals surface area contributed by atoms with E-state index in [1.54, 1.807) is 11.8 Å². The Morgan fingerprint density at radius 3 is 2.45 bits per heavy atom. The molecule has 0 aromatic heterocycles. The number of carbonyl (C=O) groups is 2. The Morgan fingerprint density at radius 2 is 2.00 bits per heavy atom. The molecule has 1 saturated heterocycles. The first-order chi connectivity index (χ1) is 9.39. The molecule has 3 N–H and O–H groups in total. The summed E-state index contributed by atoms with van der Waals surface area (Å²) in [5.41, 5.74) is 0. The topological polar surface area (TPSA) is 89.9 Å². The molecule has 1 aliphatic rings. The van der Waals surface area contributed by atoms with Crippen LogP contribution in [0.5, 0.6) is 0 Å². The lowest BCUT2D eigenvalue weighted by atomic mass is 10.0. The first-order valence-corrected chi connectivity index (χ1v) is 8.12. The Morgan fingerprint density at radius 1 is 1.40 bits per heavy atom. The van der Waals surface area contributed by atoms with Gasteiger partial charge >= 0.3 is 12.0 Å². The van der Waals surface area contributed by atoms with Crippen molar-refractivity contribution in [2.45, 2.75) is 50.0 Å². The van der Waals surface area contributed by atoms with Crippen LogP contribution in [0.4, 0.5) is 4.79 Å². The Labute approximate surface area is 123 Å². The van der Waals surface area contributed by atoms with Crippen molar-refractivity contribution in [3.63, 3.8) is 0 Å². The number of aliphatic carboxylic acids is 1. The molecular formula is C13H24N2O4S. The highest BCUT2D eigenvalue weighted by Crippen LogP contribution is 2.29. The molecule has 1 aliphatic heterocycles. The van der Waals surface area contributed by atoms with Crippen LogP contribution < -0.4 is 5.32 Å². The van der Waals surface area contributed by atoms with Crippen molar-refractivity contribution in [2.75, 3.05) is 19.3 Å². The van der Waals surface area contributed by atoms with Gasteiger partial charge in [-0.2, -0.15) is 11.8 Å². The largest absolute Gasteiger partial charge is 0.480 e. The fraction of sp³-hybridized carbons (Fsp3) is 0.846. The summed E-state index contributed by atoms with van der Waals surface area (Å²) in [5, 5.41) is 21.4. The highest BCUT2D eigenvalue weighted by Gasteiger charge is 2.39. The second-order valence-corrected chi connectivity index (χ2v) is 6.42. The number of β-amino-alcohol motifs (C(OH)–C–C–N with tert-alkyl or cyclic N) is 1. The van der Waals surface area contributed by atoms with Crippen LogP contribution in [0.1, 0.15) is 33.1 Å². The second-order valence-electron chi connectivity index (χ2n) is 5.15. The second kappa shape index (κ2) is 7.17. The van der Waals surface area contributed by atoms with E-state index in [1.807, 2.05) is 6.26 Å². The third-order valence-corrected chi connectivity index (χ3v) is 5.70. The van der Waals surface area contributed by atoms with Crippen LogP contribution in [0.25, 0.3) is 0 Å². The highest BCUT2D eigenvalue weighted by atomic mass is 32.2. The molecule has 6 nitrogen and oxygen atoms in total. The van der Waals surface area contributed by atoms with Crippen LogP contribution in [0.15, 0.2) is 0 Å². The van der Waals surface area contributed by atoms with Crippen molar-refractivity contribution in [1.82, 2.24) is 10.2 Å². The molecule has 0 aliphatic carbocycles. The van der Waals surface area contributed by atoms with Crippen LogP contribution in [0, 0.1) is 0 Å². The van der Waals surface area contributed by atoms with E-state index in [2.05, 4.69) is 19.2 Å². The number of hydrogen-bond acceptors (Lipinski definition) is 4. The Bertz CT molecular complexity index is 352. The Balaban J connectivity index is 2.64. The van der Waals surface area contributed by atoms with Crippen LogP contribution in [0.3, 0.4) is 0 Å². The summed E-state index contributed by atoms with van der Waals surface area (Å²) in [7, 11) is 0. The molecular weight excluding hydrogens is 280 g/mol. The maximum atomic E-state index is 12.1. The quantitative estimate of drug-likeness (QED) is 0.684. The van der Waals surface area contributed by atoms with Crippen molar-refractivity contribution in [3.8, 4) is 0 Å². The highest BCUT2D eigenvalue weighted by molar-refractivity contribution is 8.00. The molecule has 2 atom stereocenters. The molecule has 1 rings (SSSR count). The third kappa shape index (κ3) is 3.79. The third-order valence-electron chi connectivity index (χ3n) is 4.11. The van der Waals surface area contributed by atoms with Crippen molar-refractivity contribution in [2.24, 2.45) is 0 Å². The molecule has 0 spiro atoms. The minimum atomic E-state index is -1.07. The average molecular weight is 304 g/mol. The maximum Gasteiger partial charge on any atom is 0.326 e. The first-order valence-electron chi connectivity index (χ1n) is 6.89. The number of nitrogens with one attached hydrogen (secondary N) is 1. The molecule has 116 valence electrons. The molecule has 20 heavy (non-hydrogen) atoms. The molecule has 0 radical (unpaired) electrons. The van der Waals surface area contributed by atoms with E-state index >= 15 is 0 Å². The first kappa shape index (κ1) is 17.1.